The molecule has 0 fully saturated rings. The lowest BCUT2D eigenvalue weighted by atomic mass is 10.2. The average molecular weight is 124 g/mol. The molecule has 0 aromatic carbocycles. The lowest BCUT2D eigenvalue weighted by Gasteiger charge is -1.94. The van der Waals surface area contributed by atoms with E-state index in [0.717, 1.165) is 19.4 Å². The van der Waals surface area contributed by atoms with Crippen LogP contribution in [0.25, 0.3) is 0 Å². The zero-order valence-electron chi connectivity index (χ0n) is 5.80. The molecule has 0 bridgehead atoms. The third kappa shape index (κ3) is 1.96. The molecule has 1 aliphatic rings. The molecule has 0 saturated heterocycles. The highest BCUT2D eigenvalue weighted by atomic mass is 14.9. The monoisotopic (exact) mass is 124 g/mol. The maximum Gasteiger partial charge on any atom is 0.109 e. The van der Waals surface area contributed by atoms with Crippen molar-refractivity contribution in [1.29, 1.82) is 0 Å². The highest BCUT2D eigenvalue weighted by Crippen LogP contribution is 2.00. The van der Waals surface area contributed by atoms with E-state index in [9.17, 15) is 0 Å². The van der Waals surface area contributed by atoms with Crippen molar-refractivity contribution in [3.05, 3.63) is 0 Å². The van der Waals surface area contributed by atoms with Gasteiger partial charge in [-0.2, -0.15) is 0 Å². The van der Waals surface area contributed by atoms with Crippen LogP contribution in [0.3, 0.4) is 0 Å². The van der Waals surface area contributed by atoms with Crippen LogP contribution in [-0.2, 0) is 0 Å². The number of hydrogen-bond acceptors (Lipinski definition) is 2. The minimum absolute atomic E-state index is 0.951. The molecular weight excluding hydrogens is 112 g/mol. The summed E-state index contributed by atoms with van der Waals surface area (Å²) in [4.78, 5) is 8.22. The van der Waals surface area contributed by atoms with E-state index >= 15 is 0 Å². The molecule has 1 heterocycles. The summed E-state index contributed by atoms with van der Waals surface area (Å²) in [5.74, 6) is 0. The Balaban J connectivity index is 2.49. The van der Waals surface area contributed by atoms with Gasteiger partial charge in [-0.25, -0.2) is 4.99 Å². The predicted octanol–water partition coefficient (Wildman–Crippen LogP) is 1.66. The fourth-order valence-electron chi connectivity index (χ4n) is 0.887. The first-order chi connectivity index (χ1) is 4.43. The standard InChI is InChI=1S/C7H12N2/c1-2-7-4-3-5-8-6-9-7/h6H,2-5H2,1H3. The van der Waals surface area contributed by atoms with Gasteiger partial charge in [-0.3, -0.25) is 4.99 Å². The molecule has 0 radical (unpaired) electrons. The van der Waals surface area contributed by atoms with Gasteiger partial charge in [0.1, 0.15) is 6.34 Å². The molecule has 0 unspecified atom stereocenters. The fourth-order valence-corrected chi connectivity index (χ4v) is 0.887. The number of rotatable bonds is 1. The lowest BCUT2D eigenvalue weighted by molar-refractivity contribution is 0.880. The van der Waals surface area contributed by atoms with Crippen molar-refractivity contribution in [1.82, 2.24) is 0 Å². The Morgan fingerprint density at radius 1 is 1.67 bits per heavy atom. The highest BCUT2D eigenvalue weighted by molar-refractivity contribution is 5.90. The topological polar surface area (TPSA) is 24.7 Å². The van der Waals surface area contributed by atoms with Crippen molar-refractivity contribution in [3.63, 3.8) is 0 Å². The van der Waals surface area contributed by atoms with Crippen LogP contribution in [0.5, 0.6) is 0 Å². The van der Waals surface area contributed by atoms with Crippen molar-refractivity contribution < 1.29 is 0 Å². The lowest BCUT2D eigenvalue weighted by Crippen LogP contribution is -1.94. The maximum atomic E-state index is 4.17. The Bertz CT molecular complexity index is 136. The SMILES string of the molecule is CCC1=NC=NCCC1. The third-order valence-electron chi connectivity index (χ3n) is 1.48. The van der Waals surface area contributed by atoms with Gasteiger partial charge in [-0.15, -0.1) is 0 Å². The van der Waals surface area contributed by atoms with Crippen LogP contribution in [0.15, 0.2) is 9.98 Å². The summed E-state index contributed by atoms with van der Waals surface area (Å²) < 4.78 is 0. The molecule has 0 aromatic heterocycles. The molecule has 0 saturated carbocycles. The summed E-state index contributed by atoms with van der Waals surface area (Å²) in [6.07, 6.45) is 5.07. The van der Waals surface area contributed by atoms with Gasteiger partial charge in [0, 0.05) is 12.3 Å². The van der Waals surface area contributed by atoms with E-state index in [-0.39, 0.29) is 0 Å². The summed E-state index contributed by atoms with van der Waals surface area (Å²) >= 11 is 0. The largest absolute Gasteiger partial charge is 0.274 e. The van der Waals surface area contributed by atoms with Gasteiger partial charge in [0.25, 0.3) is 0 Å². The predicted molar refractivity (Wildman–Crippen MR) is 40.3 cm³/mol. The Kier molecular flexibility index (Phi) is 2.43. The zero-order chi connectivity index (χ0) is 6.53. The Morgan fingerprint density at radius 2 is 2.56 bits per heavy atom. The molecular formula is C7H12N2. The molecule has 2 heteroatoms. The fraction of sp³-hybridized carbons (Fsp3) is 0.714. The second-order valence-electron chi connectivity index (χ2n) is 2.17. The van der Waals surface area contributed by atoms with Gasteiger partial charge in [0.15, 0.2) is 0 Å². The zero-order valence-corrected chi connectivity index (χ0v) is 5.80. The van der Waals surface area contributed by atoms with E-state index in [1.807, 2.05) is 0 Å². The minimum atomic E-state index is 0.951. The first kappa shape index (κ1) is 6.46. The normalized spacial score (nSPS) is 19.0. The van der Waals surface area contributed by atoms with Crippen molar-refractivity contribution >= 4 is 12.1 Å². The molecule has 0 N–H and O–H groups in total. The summed E-state index contributed by atoms with van der Waals surface area (Å²) in [7, 11) is 0. The summed E-state index contributed by atoms with van der Waals surface area (Å²) in [6.45, 7) is 3.09. The van der Waals surface area contributed by atoms with Crippen LogP contribution in [0.4, 0.5) is 0 Å². The molecule has 9 heavy (non-hydrogen) atoms. The van der Waals surface area contributed by atoms with E-state index < -0.39 is 0 Å². The van der Waals surface area contributed by atoms with E-state index in [2.05, 4.69) is 16.9 Å². The Labute approximate surface area is 55.7 Å². The minimum Gasteiger partial charge on any atom is -0.274 e. The van der Waals surface area contributed by atoms with E-state index in [0.29, 0.717) is 0 Å². The number of aliphatic imine (C=N–C) groups is 2. The third-order valence-corrected chi connectivity index (χ3v) is 1.48. The van der Waals surface area contributed by atoms with Crippen molar-refractivity contribution in [3.8, 4) is 0 Å². The van der Waals surface area contributed by atoms with Crippen LogP contribution in [-0.4, -0.2) is 18.6 Å². The van der Waals surface area contributed by atoms with E-state index in [1.165, 1.54) is 12.1 Å². The molecule has 50 valence electrons. The van der Waals surface area contributed by atoms with E-state index in [4.69, 9.17) is 0 Å². The van der Waals surface area contributed by atoms with Gasteiger partial charge in [-0.05, 0) is 19.3 Å². The second kappa shape index (κ2) is 3.38. The molecule has 0 amide bonds. The van der Waals surface area contributed by atoms with Gasteiger partial charge in [0.05, 0.1) is 0 Å². The summed E-state index contributed by atoms with van der Waals surface area (Å²) in [5.41, 5.74) is 1.29. The van der Waals surface area contributed by atoms with Crippen molar-refractivity contribution in [2.24, 2.45) is 9.98 Å². The van der Waals surface area contributed by atoms with Crippen molar-refractivity contribution in [2.45, 2.75) is 26.2 Å². The molecule has 1 aliphatic heterocycles. The van der Waals surface area contributed by atoms with Gasteiger partial charge in [-0.1, -0.05) is 6.92 Å². The Morgan fingerprint density at radius 3 is 3.33 bits per heavy atom. The van der Waals surface area contributed by atoms with Gasteiger partial charge < -0.3 is 0 Å². The average Bonchev–Trinajstić information content (AvgIpc) is 2.13. The molecule has 1 rings (SSSR count). The van der Waals surface area contributed by atoms with Crippen LogP contribution in [0, 0.1) is 0 Å². The first-order valence-corrected chi connectivity index (χ1v) is 3.47. The molecule has 2 nitrogen and oxygen atoms in total. The smallest absolute Gasteiger partial charge is 0.109 e. The molecule has 0 spiro atoms. The van der Waals surface area contributed by atoms with Gasteiger partial charge >= 0.3 is 0 Å². The molecule has 0 atom stereocenters. The van der Waals surface area contributed by atoms with Crippen LogP contribution in [0.1, 0.15) is 26.2 Å². The molecule has 0 aromatic rings. The number of nitrogens with zero attached hydrogens (tertiary/aromatic N) is 2. The first-order valence-electron chi connectivity index (χ1n) is 3.47. The van der Waals surface area contributed by atoms with Crippen LogP contribution >= 0.6 is 0 Å². The number of hydrogen-bond donors (Lipinski definition) is 0. The van der Waals surface area contributed by atoms with Crippen LogP contribution < -0.4 is 0 Å². The van der Waals surface area contributed by atoms with Gasteiger partial charge in [0.2, 0.25) is 0 Å². The van der Waals surface area contributed by atoms with E-state index in [1.54, 1.807) is 6.34 Å². The quantitative estimate of drug-likeness (QED) is 0.508. The summed E-state index contributed by atoms with van der Waals surface area (Å²) in [5, 5.41) is 0. The second-order valence-corrected chi connectivity index (χ2v) is 2.17. The molecule has 0 aliphatic carbocycles. The highest BCUT2D eigenvalue weighted by Gasteiger charge is 1.96. The summed E-state index contributed by atoms with van der Waals surface area (Å²) in [6, 6.07) is 0. The van der Waals surface area contributed by atoms with Crippen LogP contribution in [0.2, 0.25) is 0 Å². The van der Waals surface area contributed by atoms with Crippen molar-refractivity contribution in [2.75, 3.05) is 6.54 Å². The maximum absolute atomic E-state index is 4.17. The Hall–Kier alpha value is -0.660.